The lowest BCUT2D eigenvalue weighted by Gasteiger charge is -2.24. The van der Waals surface area contributed by atoms with Crippen molar-refractivity contribution in [1.29, 1.82) is 0 Å². The van der Waals surface area contributed by atoms with Crippen LogP contribution in [0.1, 0.15) is 36.3 Å². The van der Waals surface area contributed by atoms with Gasteiger partial charge in [0, 0.05) is 18.1 Å². The van der Waals surface area contributed by atoms with Gasteiger partial charge in [0.1, 0.15) is 0 Å². The largest absolute Gasteiger partial charge is 0.481 e. The van der Waals surface area contributed by atoms with Crippen molar-refractivity contribution in [3.05, 3.63) is 40.5 Å². The highest BCUT2D eigenvalue weighted by Crippen LogP contribution is 2.40. The number of carbonyl (C=O) groups is 2. The maximum atomic E-state index is 12.6. The Morgan fingerprint density at radius 3 is 2.93 bits per heavy atom. The first kappa shape index (κ1) is 21.0. The maximum absolute atomic E-state index is 12.6. The fourth-order valence-corrected chi connectivity index (χ4v) is 5.39. The normalized spacial score (nSPS) is 18.8. The molecular weight excluding hydrogens is 418 g/mol. The molecule has 9 heteroatoms. The van der Waals surface area contributed by atoms with Crippen LogP contribution in [0.2, 0.25) is 5.02 Å². The van der Waals surface area contributed by atoms with E-state index in [2.05, 4.69) is 22.4 Å². The van der Waals surface area contributed by atoms with Crippen LogP contribution in [0.3, 0.4) is 0 Å². The average molecular weight is 440 g/mol. The van der Waals surface area contributed by atoms with E-state index >= 15 is 0 Å². The van der Waals surface area contributed by atoms with Crippen molar-refractivity contribution in [3.63, 3.8) is 0 Å². The van der Waals surface area contributed by atoms with E-state index in [4.69, 9.17) is 16.7 Å². The molecule has 2 aromatic rings. The third kappa shape index (κ3) is 5.18. The summed E-state index contributed by atoms with van der Waals surface area (Å²) >= 11 is 8.88. The quantitative estimate of drug-likeness (QED) is 0.613. The van der Waals surface area contributed by atoms with E-state index in [-0.39, 0.29) is 17.8 Å². The SMILES string of the molecule is Cc1ccc(C2CCC(N(C)C(=O)Nc3ncc(SCC(=O)O)s3)C2)c(Cl)c1. The molecule has 1 aliphatic rings. The highest BCUT2D eigenvalue weighted by molar-refractivity contribution is 8.01. The summed E-state index contributed by atoms with van der Waals surface area (Å²) in [5.74, 6) is -0.555. The highest BCUT2D eigenvalue weighted by atomic mass is 35.5. The molecule has 0 saturated heterocycles. The Kier molecular flexibility index (Phi) is 6.85. The molecule has 1 heterocycles. The first-order valence-corrected chi connectivity index (χ1v) is 11.1. The standard InChI is InChI=1S/C19H22ClN3O3S2/c1-11-3-6-14(15(20)7-11)12-4-5-13(8-12)23(2)19(26)22-18-21-9-17(28-18)27-10-16(24)25/h3,6-7,9,12-13H,4-5,8,10H2,1-2H3,(H,24,25)(H,21,22,26). The number of hydrogen-bond acceptors (Lipinski definition) is 5. The molecule has 28 heavy (non-hydrogen) atoms. The summed E-state index contributed by atoms with van der Waals surface area (Å²) < 4.78 is 0.760. The van der Waals surface area contributed by atoms with Crippen molar-refractivity contribution in [1.82, 2.24) is 9.88 Å². The van der Waals surface area contributed by atoms with Crippen molar-refractivity contribution in [3.8, 4) is 0 Å². The molecule has 2 atom stereocenters. The molecule has 1 aromatic heterocycles. The summed E-state index contributed by atoms with van der Waals surface area (Å²) in [6.45, 7) is 2.02. The van der Waals surface area contributed by atoms with Crippen LogP contribution in [0, 0.1) is 6.92 Å². The number of hydrogen-bond donors (Lipinski definition) is 2. The first-order valence-electron chi connectivity index (χ1n) is 8.93. The summed E-state index contributed by atoms with van der Waals surface area (Å²) in [5, 5.41) is 12.8. The minimum atomic E-state index is -0.881. The number of anilines is 1. The molecule has 2 unspecified atom stereocenters. The summed E-state index contributed by atoms with van der Waals surface area (Å²) in [5.41, 5.74) is 2.30. The number of amides is 2. The van der Waals surface area contributed by atoms with Gasteiger partial charge >= 0.3 is 12.0 Å². The van der Waals surface area contributed by atoms with Gasteiger partial charge in [0.15, 0.2) is 5.13 Å². The van der Waals surface area contributed by atoms with Gasteiger partial charge in [0.2, 0.25) is 0 Å². The zero-order valence-electron chi connectivity index (χ0n) is 15.6. The van der Waals surface area contributed by atoms with Gasteiger partial charge in [0.05, 0.1) is 16.2 Å². The number of halogens is 1. The number of urea groups is 1. The second-order valence-electron chi connectivity index (χ2n) is 6.90. The number of carboxylic acids is 1. The third-order valence-electron chi connectivity index (χ3n) is 4.91. The smallest absolute Gasteiger partial charge is 0.323 e. The highest BCUT2D eigenvalue weighted by Gasteiger charge is 2.32. The Balaban J connectivity index is 1.56. The predicted molar refractivity (Wildman–Crippen MR) is 114 cm³/mol. The van der Waals surface area contributed by atoms with E-state index in [0.717, 1.165) is 39.6 Å². The van der Waals surface area contributed by atoms with Crippen molar-refractivity contribution >= 4 is 51.8 Å². The van der Waals surface area contributed by atoms with Gasteiger partial charge in [0.25, 0.3) is 0 Å². The van der Waals surface area contributed by atoms with Crippen LogP contribution < -0.4 is 5.32 Å². The number of thioether (sulfide) groups is 1. The average Bonchev–Trinajstić information content (AvgIpc) is 3.29. The van der Waals surface area contributed by atoms with E-state index in [0.29, 0.717) is 11.0 Å². The van der Waals surface area contributed by atoms with E-state index < -0.39 is 5.97 Å². The number of thiazole rings is 1. The zero-order valence-corrected chi connectivity index (χ0v) is 18.0. The topological polar surface area (TPSA) is 82.5 Å². The molecule has 0 bridgehead atoms. The molecule has 0 radical (unpaired) electrons. The molecule has 1 aromatic carbocycles. The molecular formula is C19H22ClN3O3S2. The Morgan fingerprint density at radius 2 is 2.21 bits per heavy atom. The number of benzene rings is 1. The lowest BCUT2D eigenvalue weighted by Crippen LogP contribution is -2.38. The summed E-state index contributed by atoms with van der Waals surface area (Å²) in [6, 6.07) is 6.10. The van der Waals surface area contributed by atoms with E-state index in [1.807, 2.05) is 13.0 Å². The zero-order chi connectivity index (χ0) is 20.3. The second-order valence-corrected chi connectivity index (χ2v) is 9.61. The van der Waals surface area contributed by atoms with Gasteiger partial charge in [-0.3, -0.25) is 10.1 Å². The van der Waals surface area contributed by atoms with Gasteiger partial charge in [-0.05, 0) is 49.3 Å². The molecule has 2 amide bonds. The number of rotatable bonds is 6. The molecule has 6 nitrogen and oxygen atoms in total. The Hall–Kier alpha value is -1.77. The van der Waals surface area contributed by atoms with Gasteiger partial charge < -0.3 is 10.0 Å². The fourth-order valence-electron chi connectivity index (χ4n) is 3.42. The van der Waals surface area contributed by atoms with Gasteiger partial charge in [-0.25, -0.2) is 9.78 Å². The van der Waals surface area contributed by atoms with Crippen molar-refractivity contribution < 1.29 is 14.7 Å². The van der Waals surface area contributed by atoms with E-state index in [1.54, 1.807) is 18.1 Å². The van der Waals surface area contributed by atoms with Crippen LogP contribution in [0.5, 0.6) is 0 Å². The van der Waals surface area contributed by atoms with Crippen molar-refractivity contribution in [2.45, 2.75) is 42.4 Å². The Labute approximate surface area is 177 Å². The van der Waals surface area contributed by atoms with Crippen LogP contribution >= 0.6 is 34.7 Å². The molecule has 150 valence electrons. The van der Waals surface area contributed by atoms with Crippen LogP contribution in [-0.4, -0.2) is 45.8 Å². The summed E-state index contributed by atoms with van der Waals surface area (Å²) in [6.07, 6.45) is 4.39. The Morgan fingerprint density at radius 1 is 1.43 bits per heavy atom. The number of nitrogens with zero attached hydrogens (tertiary/aromatic N) is 2. The Bertz CT molecular complexity index is 874. The molecule has 0 spiro atoms. The first-order chi connectivity index (χ1) is 13.3. The second kappa shape index (κ2) is 9.15. The van der Waals surface area contributed by atoms with Gasteiger partial charge in [-0.1, -0.05) is 35.1 Å². The van der Waals surface area contributed by atoms with Crippen molar-refractivity contribution in [2.24, 2.45) is 0 Å². The lowest BCUT2D eigenvalue weighted by molar-refractivity contribution is -0.133. The molecule has 3 rings (SSSR count). The minimum Gasteiger partial charge on any atom is -0.481 e. The molecule has 0 aliphatic heterocycles. The number of aryl methyl sites for hydroxylation is 1. The van der Waals surface area contributed by atoms with Crippen LogP contribution in [0.25, 0.3) is 0 Å². The monoisotopic (exact) mass is 439 g/mol. The van der Waals surface area contributed by atoms with E-state index in [9.17, 15) is 9.59 Å². The van der Waals surface area contributed by atoms with Gasteiger partial charge in [-0.2, -0.15) is 0 Å². The summed E-state index contributed by atoms with van der Waals surface area (Å²) in [7, 11) is 1.80. The lowest BCUT2D eigenvalue weighted by atomic mass is 9.96. The molecule has 1 saturated carbocycles. The third-order valence-corrected chi connectivity index (χ3v) is 7.32. The number of nitrogens with one attached hydrogen (secondary N) is 1. The number of carbonyl (C=O) groups excluding carboxylic acids is 1. The number of carboxylic acid groups (broad SMARTS) is 1. The number of aromatic nitrogens is 1. The minimum absolute atomic E-state index is 0.0273. The predicted octanol–water partition coefficient (Wildman–Crippen LogP) is 5.08. The van der Waals surface area contributed by atoms with E-state index in [1.165, 1.54) is 23.1 Å². The van der Waals surface area contributed by atoms with Crippen LogP contribution in [0.4, 0.5) is 9.93 Å². The molecule has 2 N–H and O–H groups in total. The summed E-state index contributed by atoms with van der Waals surface area (Å²) in [4.78, 5) is 29.1. The molecule has 1 aliphatic carbocycles. The maximum Gasteiger partial charge on any atom is 0.323 e. The van der Waals surface area contributed by atoms with Gasteiger partial charge in [-0.15, -0.1) is 11.8 Å². The van der Waals surface area contributed by atoms with Crippen molar-refractivity contribution in [2.75, 3.05) is 18.1 Å². The fraction of sp³-hybridized carbons (Fsp3) is 0.421. The van der Waals surface area contributed by atoms with Crippen LogP contribution in [0.15, 0.2) is 28.6 Å². The molecule has 1 fully saturated rings. The number of aliphatic carboxylic acids is 1. The van der Waals surface area contributed by atoms with Crippen LogP contribution in [-0.2, 0) is 4.79 Å².